The second-order valence-electron chi connectivity index (χ2n) is 2.28. The summed E-state index contributed by atoms with van der Waals surface area (Å²) in [7, 11) is 0. The second-order valence-corrected chi connectivity index (χ2v) is 4.00. The molecular formula is C9H13NS2. The van der Waals surface area contributed by atoms with Crippen molar-refractivity contribution in [2.75, 3.05) is 0 Å². The Morgan fingerprint density at radius 1 is 1.33 bits per heavy atom. The molecule has 0 fully saturated rings. The van der Waals surface area contributed by atoms with Gasteiger partial charge in [-0.2, -0.15) is 0 Å². The Morgan fingerprint density at radius 3 is 2.67 bits per heavy atom. The first-order valence-electron chi connectivity index (χ1n) is 4.26. The van der Waals surface area contributed by atoms with Crippen LogP contribution in [0, 0.1) is 3.95 Å². The van der Waals surface area contributed by atoms with Gasteiger partial charge in [-0.05, 0) is 25.1 Å². The predicted octanol–water partition coefficient (Wildman–Crippen LogP) is 2.19. The molecule has 12 heavy (non-hydrogen) atoms. The van der Waals surface area contributed by atoms with Gasteiger partial charge in [0, 0.05) is 4.53 Å². The fraction of sp³-hybridized carbons (Fsp3) is 0.444. The number of thiazole rings is 1. The van der Waals surface area contributed by atoms with E-state index in [-0.39, 0.29) is 0 Å². The summed E-state index contributed by atoms with van der Waals surface area (Å²) < 4.78 is 2.20. The lowest BCUT2D eigenvalue weighted by Gasteiger charge is -1.90. The average molecular weight is 199 g/mol. The van der Waals surface area contributed by atoms with Crippen LogP contribution in [0.2, 0.25) is 0 Å². The van der Waals surface area contributed by atoms with Gasteiger partial charge in [-0.25, -0.2) is 0 Å². The third-order valence-electron chi connectivity index (χ3n) is 1.55. The Bertz CT molecular complexity index is 360. The summed E-state index contributed by atoms with van der Waals surface area (Å²) in [6, 6.07) is 0. The number of H-pyrrole nitrogens is 1. The van der Waals surface area contributed by atoms with Crippen LogP contribution in [0.5, 0.6) is 0 Å². The smallest absolute Gasteiger partial charge is 0.159 e. The van der Waals surface area contributed by atoms with Crippen LogP contribution in [0.1, 0.15) is 26.7 Å². The van der Waals surface area contributed by atoms with Crippen LogP contribution < -0.4 is 9.88 Å². The molecule has 0 spiro atoms. The van der Waals surface area contributed by atoms with E-state index < -0.39 is 0 Å². The quantitative estimate of drug-likeness (QED) is 0.633. The van der Waals surface area contributed by atoms with Crippen LogP contribution in [0.25, 0.3) is 12.2 Å². The zero-order valence-corrected chi connectivity index (χ0v) is 9.02. The summed E-state index contributed by atoms with van der Waals surface area (Å²) in [4.78, 5) is 3.14. The molecule has 0 aliphatic heterocycles. The van der Waals surface area contributed by atoms with Gasteiger partial charge in [0.25, 0.3) is 0 Å². The minimum Gasteiger partial charge on any atom is -0.337 e. The first kappa shape index (κ1) is 9.68. The lowest BCUT2D eigenvalue weighted by atomic mass is 10.2. The molecule has 0 unspecified atom stereocenters. The Morgan fingerprint density at radius 2 is 2.00 bits per heavy atom. The van der Waals surface area contributed by atoms with E-state index in [1.165, 1.54) is 9.88 Å². The maximum absolute atomic E-state index is 5.00. The van der Waals surface area contributed by atoms with Crippen molar-refractivity contribution in [2.24, 2.45) is 0 Å². The molecule has 1 aliphatic carbocycles. The highest BCUT2D eigenvalue weighted by molar-refractivity contribution is 7.73. The van der Waals surface area contributed by atoms with Crippen LogP contribution >= 0.6 is 23.6 Å². The van der Waals surface area contributed by atoms with Gasteiger partial charge >= 0.3 is 0 Å². The minimum atomic E-state index is 0.888. The van der Waals surface area contributed by atoms with Crippen molar-refractivity contribution >= 4 is 35.7 Å². The third kappa shape index (κ3) is 2.05. The Balaban J connectivity index is 0.000000336. The van der Waals surface area contributed by atoms with Crippen LogP contribution in [0.15, 0.2) is 0 Å². The number of aromatic nitrogens is 1. The van der Waals surface area contributed by atoms with Crippen molar-refractivity contribution < 1.29 is 0 Å². The summed E-state index contributed by atoms with van der Waals surface area (Å²) in [5.41, 5.74) is 0. The van der Waals surface area contributed by atoms with Gasteiger partial charge in [-0.15, -0.1) is 11.3 Å². The van der Waals surface area contributed by atoms with E-state index in [2.05, 4.69) is 17.1 Å². The monoisotopic (exact) mass is 199 g/mol. The first-order valence-corrected chi connectivity index (χ1v) is 5.48. The topological polar surface area (TPSA) is 15.8 Å². The van der Waals surface area contributed by atoms with Gasteiger partial charge in [0.05, 0.1) is 5.35 Å². The maximum Gasteiger partial charge on any atom is 0.159 e. The van der Waals surface area contributed by atoms with Gasteiger partial charge in [0.15, 0.2) is 3.95 Å². The normalized spacial score (nSPS) is 13.2. The molecule has 1 aromatic heterocycles. The van der Waals surface area contributed by atoms with Crippen molar-refractivity contribution in [3.8, 4) is 0 Å². The van der Waals surface area contributed by atoms with Crippen LogP contribution in [0.4, 0.5) is 0 Å². The van der Waals surface area contributed by atoms with E-state index in [0.717, 1.165) is 16.8 Å². The highest BCUT2D eigenvalue weighted by Crippen LogP contribution is 1.96. The summed E-state index contributed by atoms with van der Waals surface area (Å²) in [5, 5.41) is 1.22. The number of aromatic amines is 1. The molecule has 1 aromatic rings. The molecule has 1 heterocycles. The van der Waals surface area contributed by atoms with Crippen LogP contribution in [0.3, 0.4) is 0 Å². The zero-order chi connectivity index (χ0) is 8.97. The molecule has 1 aliphatic rings. The summed E-state index contributed by atoms with van der Waals surface area (Å²) >= 11 is 6.67. The molecule has 1 nitrogen and oxygen atoms in total. The number of hydrogen-bond acceptors (Lipinski definition) is 2. The van der Waals surface area contributed by atoms with Gasteiger partial charge in [-0.3, -0.25) is 0 Å². The van der Waals surface area contributed by atoms with Gasteiger partial charge in [0.1, 0.15) is 0 Å². The van der Waals surface area contributed by atoms with Crippen molar-refractivity contribution in [3.63, 3.8) is 0 Å². The molecule has 0 bridgehead atoms. The molecule has 3 heteroatoms. The van der Waals surface area contributed by atoms with E-state index in [1.807, 2.05) is 13.8 Å². The Labute approximate surface area is 81.5 Å². The minimum absolute atomic E-state index is 0.888. The lowest BCUT2D eigenvalue weighted by Crippen LogP contribution is -2.22. The number of fused-ring (bicyclic) bond motifs is 1. The zero-order valence-electron chi connectivity index (χ0n) is 7.39. The molecule has 0 saturated carbocycles. The average Bonchev–Trinajstić information content (AvgIpc) is 2.48. The molecule has 0 saturated heterocycles. The van der Waals surface area contributed by atoms with Crippen LogP contribution in [-0.4, -0.2) is 4.98 Å². The number of nitrogens with one attached hydrogen (secondary N) is 1. The molecule has 1 N–H and O–H groups in total. The van der Waals surface area contributed by atoms with Crippen molar-refractivity contribution in [1.82, 2.24) is 4.98 Å². The first-order chi connectivity index (χ1) is 5.86. The standard InChI is InChI=1S/C7H7NS2.C2H6/c9-7-8-5-3-1-2-4-6(5)10-7;1-2/h3-4H,1-2H2,(H,8,9);1-2H3. The van der Waals surface area contributed by atoms with Crippen molar-refractivity contribution in [2.45, 2.75) is 26.7 Å². The van der Waals surface area contributed by atoms with Gasteiger partial charge in [-0.1, -0.05) is 26.0 Å². The summed E-state index contributed by atoms with van der Waals surface area (Å²) in [6.45, 7) is 4.00. The SMILES string of the molecule is CC.S=c1[nH]c2c(s1)=CCCC=2. The summed E-state index contributed by atoms with van der Waals surface area (Å²) in [6.07, 6.45) is 6.76. The van der Waals surface area contributed by atoms with Crippen molar-refractivity contribution in [1.29, 1.82) is 0 Å². The predicted molar refractivity (Wildman–Crippen MR) is 58.3 cm³/mol. The molecule has 0 amide bonds. The second kappa shape index (κ2) is 4.58. The number of hydrogen-bond donors (Lipinski definition) is 1. The molecular weight excluding hydrogens is 186 g/mol. The van der Waals surface area contributed by atoms with Crippen LogP contribution in [-0.2, 0) is 0 Å². The molecule has 0 atom stereocenters. The van der Waals surface area contributed by atoms with Crippen molar-refractivity contribution in [3.05, 3.63) is 13.8 Å². The van der Waals surface area contributed by atoms with E-state index in [0.29, 0.717) is 0 Å². The third-order valence-corrected chi connectivity index (χ3v) is 2.80. The maximum atomic E-state index is 5.00. The number of rotatable bonds is 0. The summed E-state index contributed by atoms with van der Waals surface area (Å²) in [5.74, 6) is 0. The Hall–Kier alpha value is -0.410. The molecule has 0 radical (unpaired) electrons. The van der Waals surface area contributed by atoms with Gasteiger partial charge < -0.3 is 4.98 Å². The molecule has 2 rings (SSSR count). The lowest BCUT2D eigenvalue weighted by molar-refractivity contribution is 1.10. The highest BCUT2D eigenvalue weighted by Gasteiger charge is 1.93. The van der Waals surface area contributed by atoms with E-state index in [9.17, 15) is 0 Å². The Kier molecular flexibility index (Phi) is 3.69. The molecule has 0 aromatic carbocycles. The fourth-order valence-electron chi connectivity index (χ4n) is 1.10. The van der Waals surface area contributed by atoms with Gasteiger partial charge in [0.2, 0.25) is 0 Å². The van der Waals surface area contributed by atoms with E-state index >= 15 is 0 Å². The highest BCUT2D eigenvalue weighted by atomic mass is 32.1. The fourth-order valence-corrected chi connectivity index (χ4v) is 2.28. The largest absolute Gasteiger partial charge is 0.337 e. The molecule has 66 valence electrons. The van der Waals surface area contributed by atoms with E-state index in [4.69, 9.17) is 12.2 Å². The van der Waals surface area contributed by atoms with E-state index in [1.54, 1.807) is 11.3 Å².